The summed E-state index contributed by atoms with van der Waals surface area (Å²) in [5.41, 5.74) is 2.07. The van der Waals surface area contributed by atoms with Crippen molar-refractivity contribution in [1.82, 2.24) is 5.32 Å². The second-order valence-corrected chi connectivity index (χ2v) is 16.7. The lowest BCUT2D eigenvalue weighted by atomic mass is 9.95. The lowest BCUT2D eigenvalue weighted by molar-refractivity contribution is -0.144. The number of hydrogen-bond donors (Lipinski definition) is 4. The molecule has 2 atom stereocenters. The average molecular weight is 979 g/mol. The van der Waals surface area contributed by atoms with Crippen LogP contribution in [0.2, 0.25) is 0 Å². The van der Waals surface area contributed by atoms with Gasteiger partial charge < -0.3 is 40.2 Å². The molecule has 4 amide bonds. The van der Waals surface area contributed by atoms with E-state index in [0.29, 0.717) is 16.9 Å². The van der Waals surface area contributed by atoms with Gasteiger partial charge in [-0.3, -0.25) is 24.0 Å². The van der Waals surface area contributed by atoms with E-state index in [9.17, 15) is 43.2 Å². The highest BCUT2D eigenvalue weighted by atomic mass is 16.6. The topological polar surface area (TPSA) is 239 Å². The Morgan fingerprint density at radius 2 is 0.972 bits per heavy atom. The molecule has 17 nitrogen and oxygen atoms in total. The molecule has 72 heavy (non-hydrogen) atoms. The minimum Gasteiger partial charge on any atom is -0.462 e. The van der Waals surface area contributed by atoms with Crippen LogP contribution in [0.15, 0.2) is 133 Å². The van der Waals surface area contributed by atoms with Crippen LogP contribution in [-0.4, -0.2) is 85.8 Å². The number of amides is 4. The highest BCUT2D eigenvalue weighted by molar-refractivity contribution is 6.15. The van der Waals surface area contributed by atoms with E-state index in [2.05, 4.69) is 34.4 Å². The third-order valence-electron chi connectivity index (χ3n) is 10.6. The van der Waals surface area contributed by atoms with Gasteiger partial charge >= 0.3 is 23.9 Å². The zero-order chi connectivity index (χ0) is 52.6. The van der Waals surface area contributed by atoms with Crippen molar-refractivity contribution in [2.45, 2.75) is 59.7 Å². The fourth-order valence-corrected chi connectivity index (χ4v) is 6.61. The lowest BCUT2D eigenvalue weighted by Gasteiger charge is -2.15. The van der Waals surface area contributed by atoms with Gasteiger partial charge in [-0.15, -0.1) is 0 Å². The number of esters is 4. The Labute approximate surface area is 416 Å². The molecule has 0 fully saturated rings. The maximum atomic E-state index is 14.3. The first kappa shape index (κ1) is 54.0. The number of carbonyl (C=O) groups excluding carboxylic acids is 9. The Kier molecular flexibility index (Phi) is 18.8. The van der Waals surface area contributed by atoms with E-state index in [-0.39, 0.29) is 87.7 Å². The molecule has 372 valence electrons. The molecule has 0 saturated carbocycles. The fourth-order valence-electron chi connectivity index (χ4n) is 6.61. The Bertz CT molecular complexity index is 2960. The van der Waals surface area contributed by atoms with Crippen LogP contribution >= 0.6 is 0 Å². The van der Waals surface area contributed by atoms with Crippen molar-refractivity contribution >= 4 is 70.4 Å². The molecule has 0 bridgehead atoms. The largest absolute Gasteiger partial charge is 0.462 e. The predicted octanol–water partition coefficient (Wildman–Crippen LogP) is 8.45. The van der Waals surface area contributed by atoms with E-state index in [1.807, 2.05) is 13.0 Å². The SMILES string of the molecule is C=C(C)C(=O)OC(C)CCOC(=O)c1cc(C(=O)Nc2cccc(C(=O)Nc3ccc(NC(=O)c4cccc(C)c4)cc3)c2)cc(C(=O)c2ccc(C(=O)OCCC(C)OC(=O)C(=C)C)c(C(=O)NC)c2)c1. The zero-order valence-corrected chi connectivity index (χ0v) is 40.6. The van der Waals surface area contributed by atoms with Gasteiger partial charge in [0.25, 0.3) is 23.6 Å². The molecule has 0 aliphatic rings. The summed E-state index contributed by atoms with van der Waals surface area (Å²) in [6.45, 7) is 14.8. The van der Waals surface area contributed by atoms with E-state index in [0.717, 1.165) is 5.56 Å². The molecule has 5 rings (SSSR count). The first-order valence-corrected chi connectivity index (χ1v) is 22.6. The highest BCUT2D eigenvalue weighted by Crippen LogP contribution is 2.23. The first-order valence-electron chi connectivity index (χ1n) is 22.6. The number of rotatable bonds is 21. The van der Waals surface area contributed by atoms with Crippen molar-refractivity contribution in [3.63, 3.8) is 0 Å². The standard InChI is InChI=1S/C55H54N4O13/c1-31(2)52(65)71-34(6)21-23-69-54(67)41-27-39(47(60)36-15-20-45(46(30-36)51(64)56-8)55(68)70-24-22-35(7)72-53(66)32(3)4)26-40(28-41)50(63)59-44-14-10-13-38(29-44)49(62)58-43-18-16-42(17-19-43)57-48(61)37-12-9-11-33(5)25-37/h9-20,25-30,34-35H,1,3,21-24H2,2,4-8H3,(H,56,64)(H,57,61)(H,58,62)(H,59,63). The van der Waals surface area contributed by atoms with Crippen molar-refractivity contribution in [1.29, 1.82) is 0 Å². The molecule has 0 saturated heterocycles. The average Bonchev–Trinajstić information content (AvgIpc) is 3.35. The normalized spacial score (nSPS) is 11.4. The van der Waals surface area contributed by atoms with Crippen molar-refractivity contribution in [2.75, 3.05) is 36.2 Å². The highest BCUT2D eigenvalue weighted by Gasteiger charge is 2.24. The van der Waals surface area contributed by atoms with Crippen LogP contribution in [0.25, 0.3) is 0 Å². The number of ether oxygens (including phenoxy) is 4. The van der Waals surface area contributed by atoms with E-state index in [1.54, 1.807) is 56.3 Å². The fraction of sp³-hybridized carbons (Fsp3) is 0.218. The van der Waals surface area contributed by atoms with Gasteiger partial charge in [-0.25, -0.2) is 19.2 Å². The van der Waals surface area contributed by atoms with Crippen LogP contribution in [0.3, 0.4) is 0 Å². The Balaban J connectivity index is 1.36. The van der Waals surface area contributed by atoms with E-state index < -0.39 is 59.6 Å². The summed E-state index contributed by atoms with van der Waals surface area (Å²) < 4.78 is 21.3. The van der Waals surface area contributed by atoms with Crippen LogP contribution in [-0.2, 0) is 28.5 Å². The van der Waals surface area contributed by atoms with Crippen LogP contribution in [0.1, 0.15) is 124 Å². The van der Waals surface area contributed by atoms with E-state index >= 15 is 0 Å². The minimum atomic E-state index is -0.926. The molecule has 17 heteroatoms. The maximum Gasteiger partial charge on any atom is 0.338 e. The van der Waals surface area contributed by atoms with Crippen LogP contribution in [0, 0.1) is 6.92 Å². The van der Waals surface area contributed by atoms with Crippen LogP contribution in [0.4, 0.5) is 17.1 Å². The molecule has 0 radical (unpaired) electrons. The minimum absolute atomic E-state index is 0.101. The number of carbonyl (C=O) groups is 9. The molecule has 0 aromatic heterocycles. The first-order chi connectivity index (χ1) is 34.2. The summed E-state index contributed by atoms with van der Waals surface area (Å²) in [5.74, 6) is -6.11. The number of ketones is 1. The molecule has 2 unspecified atom stereocenters. The molecule has 5 aromatic carbocycles. The molecule has 0 aliphatic carbocycles. The van der Waals surface area contributed by atoms with Gasteiger partial charge in [-0.1, -0.05) is 43.0 Å². The van der Waals surface area contributed by atoms with Gasteiger partial charge in [0.2, 0.25) is 0 Å². The van der Waals surface area contributed by atoms with E-state index in [4.69, 9.17) is 18.9 Å². The summed E-state index contributed by atoms with van der Waals surface area (Å²) in [5, 5.41) is 10.7. The van der Waals surface area contributed by atoms with Gasteiger partial charge in [0.05, 0.1) is 29.9 Å². The number of nitrogens with one attached hydrogen (secondary N) is 4. The molecule has 0 spiro atoms. The van der Waals surface area contributed by atoms with E-state index in [1.165, 1.54) is 81.6 Å². The smallest absolute Gasteiger partial charge is 0.338 e. The Morgan fingerprint density at radius 3 is 1.51 bits per heavy atom. The van der Waals surface area contributed by atoms with Gasteiger partial charge in [-0.2, -0.15) is 0 Å². The quantitative estimate of drug-likeness (QED) is 0.0234. The number of anilines is 3. The summed E-state index contributed by atoms with van der Waals surface area (Å²) in [6, 6.07) is 27.0. The van der Waals surface area contributed by atoms with Crippen molar-refractivity contribution in [3.05, 3.63) is 184 Å². The lowest BCUT2D eigenvalue weighted by Crippen LogP contribution is -2.23. The molecule has 4 N–H and O–H groups in total. The third kappa shape index (κ3) is 15.3. The molecule has 0 aliphatic heterocycles. The second-order valence-electron chi connectivity index (χ2n) is 16.7. The van der Waals surface area contributed by atoms with Gasteiger partial charge in [0.1, 0.15) is 12.2 Å². The molecule has 0 heterocycles. The van der Waals surface area contributed by atoms with Gasteiger partial charge in [0, 0.05) is 75.9 Å². The third-order valence-corrected chi connectivity index (χ3v) is 10.6. The van der Waals surface area contributed by atoms with Crippen LogP contribution < -0.4 is 21.3 Å². The summed E-state index contributed by atoms with van der Waals surface area (Å²) in [7, 11) is 1.33. The summed E-state index contributed by atoms with van der Waals surface area (Å²) in [4.78, 5) is 118. The predicted molar refractivity (Wildman–Crippen MR) is 268 cm³/mol. The number of hydrogen-bond acceptors (Lipinski definition) is 13. The van der Waals surface area contributed by atoms with Crippen molar-refractivity contribution in [3.8, 4) is 0 Å². The molecular formula is C55H54N4O13. The van der Waals surface area contributed by atoms with Gasteiger partial charge in [-0.05, 0) is 120 Å². The summed E-state index contributed by atoms with van der Waals surface area (Å²) >= 11 is 0. The Hall–Kier alpha value is -8.99. The van der Waals surface area contributed by atoms with Gasteiger partial charge in [0.15, 0.2) is 5.78 Å². The monoisotopic (exact) mass is 978 g/mol. The number of aryl methyl sites for hydroxylation is 1. The van der Waals surface area contributed by atoms with Crippen molar-refractivity contribution < 1.29 is 62.1 Å². The maximum absolute atomic E-state index is 14.3. The second kappa shape index (κ2) is 25.0. The zero-order valence-electron chi connectivity index (χ0n) is 40.6. The Morgan fingerprint density at radius 1 is 0.486 bits per heavy atom. The molecule has 5 aromatic rings. The van der Waals surface area contributed by atoms with Crippen molar-refractivity contribution in [2.24, 2.45) is 0 Å². The van der Waals surface area contributed by atoms with Crippen LogP contribution in [0.5, 0.6) is 0 Å². The summed E-state index contributed by atoms with van der Waals surface area (Å²) in [6.07, 6.45) is -1.01. The molecular weight excluding hydrogens is 925 g/mol. The number of benzene rings is 5.